The standard InChI is InChI=1S/C16H17N5O2/c1-10(22)19-12-3-2-4-13(7-12)20-15-9-17-14(8-18-15)16(23)21-11-5-6-11/h2-4,7-9,11H,5-6H2,1H3,(H,18,20)(H,19,22)(H,21,23). The fourth-order valence-corrected chi connectivity index (χ4v) is 2.02. The van der Waals surface area contributed by atoms with Crippen LogP contribution in [-0.4, -0.2) is 27.8 Å². The summed E-state index contributed by atoms with van der Waals surface area (Å²) < 4.78 is 0. The van der Waals surface area contributed by atoms with E-state index in [-0.39, 0.29) is 11.8 Å². The van der Waals surface area contributed by atoms with Crippen molar-refractivity contribution in [2.24, 2.45) is 0 Å². The summed E-state index contributed by atoms with van der Waals surface area (Å²) in [6.45, 7) is 1.46. The fourth-order valence-electron chi connectivity index (χ4n) is 2.02. The summed E-state index contributed by atoms with van der Waals surface area (Å²) in [5.74, 6) is 0.195. The van der Waals surface area contributed by atoms with Gasteiger partial charge in [-0.2, -0.15) is 0 Å². The van der Waals surface area contributed by atoms with Crippen LogP contribution in [0.15, 0.2) is 36.7 Å². The molecule has 0 saturated heterocycles. The number of nitrogens with one attached hydrogen (secondary N) is 3. The van der Waals surface area contributed by atoms with E-state index in [1.807, 2.05) is 12.1 Å². The molecule has 3 N–H and O–H groups in total. The first kappa shape index (κ1) is 15.0. The lowest BCUT2D eigenvalue weighted by atomic mass is 10.2. The first-order valence-corrected chi connectivity index (χ1v) is 7.38. The maximum absolute atomic E-state index is 11.8. The Labute approximate surface area is 133 Å². The smallest absolute Gasteiger partial charge is 0.271 e. The van der Waals surface area contributed by atoms with Gasteiger partial charge >= 0.3 is 0 Å². The van der Waals surface area contributed by atoms with Gasteiger partial charge in [-0.3, -0.25) is 9.59 Å². The second-order valence-corrected chi connectivity index (χ2v) is 5.42. The lowest BCUT2D eigenvalue weighted by molar-refractivity contribution is -0.114. The van der Waals surface area contributed by atoms with Gasteiger partial charge < -0.3 is 16.0 Å². The number of carbonyl (C=O) groups is 2. The zero-order valence-corrected chi connectivity index (χ0v) is 12.7. The molecule has 2 aromatic rings. The van der Waals surface area contributed by atoms with Crippen molar-refractivity contribution >= 4 is 29.0 Å². The van der Waals surface area contributed by atoms with E-state index in [0.29, 0.717) is 23.2 Å². The molecule has 1 saturated carbocycles. The van der Waals surface area contributed by atoms with E-state index in [4.69, 9.17) is 0 Å². The molecule has 1 aliphatic rings. The van der Waals surface area contributed by atoms with Crippen LogP contribution in [0.3, 0.4) is 0 Å². The van der Waals surface area contributed by atoms with Gasteiger partial charge in [-0.1, -0.05) is 6.07 Å². The minimum absolute atomic E-state index is 0.132. The van der Waals surface area contributed by atoms with Crippen LogP contribution in [-0.2, 0) is 4.79 Å². The molecule has 1 fully saturated rings. The normalized spacial score (nSPS) is 13.3. The Balaban J connectivity index is 1.65. The van der Waals surface area contributed by atoms with Crippen molar-refractivity contribution in [3.63, 3.8) is 0 Å². The third kappa shape index (κ3) is 4.26. The first-order chi connectivity index (χ1) is 11.1. The molecule has 1 aliphatic carbocycles. The van der Waals surface area contributed by atoms with Gasteiger partial charge in [0.25, 0.3) is 5.91 Å². The Morgan fingerprint density at radius 3 is 2.57 bits per heavy atom. The molecular formula is C16H17N5O2. The molecule has 2 amide bonds. The van der Waals surface area contributed by atoms with E-state index >= 15 is 0 Å². The first-order valence-electron chi connectivity index (χ1n) is 7.38. The summed E-state index contributed by atoms with van der Waals surface area (Å²) in [7, 11) is 0. The van der Waals surface area contributed by atoms with Gasteiger partial charge in [0, 0.05) is 24.3 Å². The highest BCUT2D eigenvalue weighted by molar-refractivity contribution is 5.92. The number of carbonyl (C=O) groups excluding carboxylic acids is 2. The zero-order valence-electron chi connectivity index (χ0n) is 12.7. The summed E-state index contributed by atoms with van der Waals surface area (Å²) in [4.78, 5) is 31.2. The van der Waals surface area contributed by atoms with E-state index in [9.17, 15) is 9.59 Å². The van der Waals surface area contributed by atoms with Crippen LogP contribution in [0, 0.1) is 0 Å². The SMILES string of the molecule is CC(=O)Nc1cccc(Nc2cnc(C(=O)NC3CC3)cn2)c1. The monoisotopic (exact) mass is 311 g/mol. The molecular weight excluding hydrogens is 294 g/mol. The molecule has 23 heavy (non-hydrogen) atoms. The number of amides is 2. The molecule has 7 heteroatoms. The molecule has 0 unspecified atom stereocenters. The van der Waals surface area contributed by atoms with Crippen LogP contribution in [0.25, 0.3) is 0 Å². The number of nitrogens with zero attached hydrogens (tertiary/aromatic N) is 2. The zero-order chi connectivity index (χ0) is 16.2. The molecule has 1 aromatic carbocycles. The predicted molar refractivity (Wildman–Crippen MR) is 86.5 cm³/mol. The summed E-state index contributed by atoms with van der Waals surface area (Å²) in [6, 6.07) is 7.54. The molecule has 0 atom stereocenters. The molecule has 0 spiro atoms. The lowest BCUT2D eigenvalue weighted by Crippen LogP contribution is -2.26. The van der Waals surface area contributed by atoms with E-state index in [1.165, 1.54) is 19.3 Å². The fraction of sp³-hybridized carbons (Fsp3) is 0.250. The van der Waals surface area contributed by atoms with Gasteiger partial charge in [0.2, 0.25) is 5.91 Å². The van der Waals surface area contributed by atoms with Crippen LogP contribution in [0.4, 0.5) is 17.2 Å². The number of aromatic nitrogens is 2. The van der Waals surface area contributed by atoms with Crippen LogP contribution < -0.4 is 16.0 Å². The maximum atomic E-state index is 11.8. The third-order valence-electron chi connectivity index (χ3n) is 3.25. The van der Waals surface area contributed by atoms with E-state index in [1.54, 1.807) is 12.1 Å². The van der Waals surface area contributed by atoms with Crippen molar-refractivity contribution in [1.82, 2.24) is 15.3 Å². The van der Waals surface area contributed by atoms with Crippen LogP contribution in [0.5, 0.6) is 0 Å². The molecule has 0 radical (unpaired) electrons. The number of hydrogen-bond acceptors (Lipinski definition) is 5. The second kappa shape index (κ2) is 6.43. The molecule has 0 bridgehead atoms. The van der Waals surface area contributed by atoms with Crippen LogP contribution in [0.2, 0.25) is 0 Å². The average molecular weight is 311 g/mol. The molecule has 7 nitrogen and oxygen atoms in total. The molecule has 3 rings (SSSR count). The quantitative estimate of drug-likeness (QED) is 0.785. The minimum Gasteiger partial charge on any atom is -0.348 e. The summed E-state index contributed by atoms with van der Waals surface area (Å²) in [5, 5.41) is 8.65. The van der Waals surface area contributed by atoms with Crippen molar-refractivity contribution in [3.8, 4) is 0 Å². The number of rotatable bonds is 5. The van der Waals surface area contributed by atoms with Crippen molar-refractivity contribution in [2.45, 2.75) is 25.8 Å². The Hall–Kier alpha value is -2.96. The third-order valence-corrected chi connectivity index (χ3v) is 3.25. The van der Waals surface area contributed by atoms with E-state index in [0.717, 1.165) is 18.5 Å². The molecule has 118 valence electrons. The van der Waals surface area contributed by atoms with Crippen molar-refractivity contribution < 1.29 is 9.59 Å². The van der Waals surface area contributed by atoms with Crippen molar-refractivity contribution in [1.29, 1.82) is 0 Å². The minimum atomic E-state index is -0.195. The van der Waals surface area contributed by atoms with Gasteiger partial charge in [-0.05, 0) is 31.0 Å². The van der Waals surface area contributed by atoms with Crippen LogP contribution >= 0.6 is 0 Å². The Bertz CT molecular complexity index is 726. The topological polar surface area (TPSA) is 96.0 Å². The van der Waals surface area contributed by atoms with Crippen LogP contribution in [0.1, 0.15) is 30.3 Å². The second-order valence-electron chi connectivity index (χ2n) is 5.42. The average Bonchev–Trinajstić information content (AvgIpc) is 3.31. The number of benzene rings is 1. The lowest BCUT2D eigenvalue weighted by Gasteiger charge is -2.08. The Kier molecular flexibility index (Phi) is 4.18. The predicted octanol–water partition coefficient (Wildman–Crippen LogP) is 2.07. The maximum Gasteiger partial charge on any atom is 0.271 e. The van der Waals surface area contributed by atoms with Gasteiger partial charge in [-0.15, -0.1) is 0 Å². The highest BCUT2D eigenvalue weighted by Crippen LogP contribution is 2.20. The summed E-state index contributed by atoms with van der Waals surface area (Å²) >= 11 is 0. The molecule has 1 heterocycles. The summed E-state index contributed by atoms with van der Waals surface area (Å²) in [5.41, 5.74) is 1.76. The van der Waals surface area contributed by atoms with Gasteiger partial charge in [-0.25, -0.2) is 9.97 Å². The van der Waals surface area contributed by atoms with Crippen molar-refractivity contribution in [3.05, 3.63) is 42.4 Å². The summed E-state index contributed by atoms with van der Waals surface area (Å²) in [6.07, 6.45) is 5.01. The molecule has 0 aliphatic heterocycles. The van der Waals surface area contributed by atoms with Crippen molar-refractivity contribution in [2.75, 3.05) is 10.6 Å². The number of hydrogen-bond donors (Lipinski definition) is 3. The highest BCUT2D eigenvalue weighted by atomic mass is 16.2. The van der Waals surface area contributed by atoms with Gasteiger partial charge in [0.1, 0.15) is 11.5 Å². The highest BCUT2D eigenvalue weighted by Gasteiger charge is 2.24. The van der Waals surface area contributed by atoms with E-state index in [2.05, 4.69) is 25.9 Å². The van der Waals surface area contributed by atoms with E-state index < -0.39 is 0 Å². The Morgan fingerprint density at radius 1 is 1.13 bits per heavy atom. The molecule has 1 aromatic heterocycles. The van der Waals surface area contributed by atoms with Gasteiger partial charge in [0.05, 0.1) is 12.4 Å². The number of anilines is 3. The van der Waals surface area contributed by atoms with Gasteiger partial charge in [0.15, 0.2) is 0 Å². The largest absolute Gasteiger partial charge is 0.348 e. The Morgan fingerprint density at radius 2 is 1.91 bits per heavy atom.